The van der Waals surface area contributed by atoms with Crippen molar-refractivity contribution in [2.45, 2.75) is 12.8 Å². The second-order valence-electron chi connectivity index (χ2n) is 7.09. The lowest BCUT2D eigenvalue weighted by molar-refractivity contribution is -0.000474. The number of fused-ring (bicyclic) bond motifs is 1. The van der Waals surface area contributed by atoms with Crippen LogP contribution < -0.4 is 4.90 Å². The molecule has 0 amide bonds. The molecule has 2 aliphatic heterocycles. The third kappa shape index (κ3) is 2.51. The van der Waals surface area contributed by atoms with Crippen molar-refractivity contribution >= 4 is 16.9 Å². The lowest BCUT2D eigenvalue weighted by Crippen LogP contribution is -2.58. The lowest BCUT2D eigenvalue weighted by Gasteiger charge is -2.52. The molecule has 0 atom stereocenters. The number of rotatable bonds is 2. The maximum absolute atomic E-state index is 14.3. The molecule has 1 spiro atoms. The number of hydrogen-bond donors (Lipinski definition) is 1. The maximum atomic E-state index is 14.3. The molecule has 0 aliphatic carbocycles. The summed E-state index contributed by atoms with van der Waals surface area (Å²) in [7, 11) is 0. The molecule has 1 N–H and O–H groups in total. The number of halogens is 2. The molecule has 2 fully saturated rings. The standard InChI is InChI=1S/C17H16F2N6O2/c18-10-5-11-15(14(19)16(10)26)25(23-22-11)13-7-20-12(6-21-13)24-8-17(9-24)1-3-27-4-2-17/h5-7,26H,1-4,8-9H2. The van der Waals surface area contributed by atoms with E-state index in [9.17, 15) is 13.9 Å². The van der Waals surface area contributed by atoms with Crippen molar-refractivity contribution in [1.29, 1.82) is 0 Å². The summed E-state index contributed by atoms with van der Waals surface area (Å²) in [5.41, 5.74) is 0.143. The summed E-state index contributed by atoms with van der Waals surface area (Å²) < 4.78 is 34.2. The molecule has 0 unspecified atom stereocenters. The summed E-state index contributed by atoms with van der Waals surface area (Å²) in [6, 6.07) is 0.923. The first-order chi connectivity index (χ1) is 13.1. The lowest BCUT2D eigenvalue weighted by atomic mass is 9.73. The van der Waals surface area contributed by atoms with Crippen LogP contribution in [-0.4, -0.2) is 56.4 Å². The van der Waals surface area contributed by atoms with Gasteiger partial charge in [0, 0.05) is 37.8 Å². The zero-order valence-corrected chi connectivity index (χ0v) is 14.3. The summed E-state index contributed by atoms with van der Waals surface area (Å²) in [6.07, 6.45) is 5.16. The van der Waals surface area contributed by atoms with Crippen molar-refractivity contribution in [3.8, 4) is 11.6 Å². The van der Waals surface area contributed by atoms with Gasteiger partial charge >= 0.3 is 0 Å². The highest BCUT2D eigenvalue weighted by Gasteiger charge is 2.44. The molecule has 5 rings (SSSR count). The van der Waals surface area contributed by atoms with E-state index in [2.05, 4.69) is 25.2 Å². The summed E-state index contributed by atoms with van der Waals surface area (Å²) in [6.45, 7) is 3.44. The molecular formula is C17H16F2N6O2. The number of aromatic nitrogens is 5. The fraction of sp³-hybridized carbons (Fsp3) is 0.412. The van der Waals surface area contributed by atoms with Gasteiger partial charge in [-0.1, -0.05) is 5.21 Å². The number of phenols is 1. The number of anilines is 1. The third-order valence-corrected chi connectivity index (χ3v) is 5.37. The smallest absolute Gasteiger partial charge is 0.195 e. The van der Waals surface area contributed by atoms with Crippen LogP contribution in [-0.2, 0) is 4.74 Å². The number of aromatic hydroxyl groups is 1. The number of nitrogens with zero attached hydrogens (tertiary/aromatic N) is 6. The SMILES string of the molecule is Oc1c(F)cc2nnn(-c3cnc(N4CC5(CCOCC5)C4)cn3)c2c1F. The molecule has 8 nitrogen and oxygen atoms in total. The van der Waals surface area contributed by atoms with E-state index < -0.39 is 17.4 Å². The van der Waals surface area contributed by atoms with E-state index in [1.54, 1.807) is 6.20 Å². The highest BCUT2D eigenvalue weighted by atomic mass is 19.1. The van der Waals surface area contributed by atoms with Crippen LogP contribution in [0.4, 0.5) is 14.6 Å². The topological polar surface area (TPSA) is 89.2 Å². The minimum atomic E-state index is -1.13. The highest BCUT2D eigenvalue weighted by molar-refractivity contribution is 5.78. The van der Waals surface area contributed by atoms with E-state index in [1.807, 2.05) is 0 Å². The van der Waals surface area contributed by atoms with Crippen molar-refractivity contribution in [2.75, 3.05) is 31.2 Å². The Morgan fingerprint density at radius 3 is 2.48 bits per heavy atom. The second kappa shape index (κ2) is 5.81. The largest absolute Gasteiger partial charge is 0.503 e. The monoisotopic (exact) mass is 374 g/mol. The maximum Gasteiger partial charge on any atom is 0.195 e. The fourth-order valence-electron chi connectivity index (χ4n) is 3.80. The Balaban J connectivity index is 1.41. The van der Waals surface area contributed by atoms with E-state index in [1.165, 1.54) is 6.20 Å². The molecule has 10 heteroatoms. The van der Waals surface area contributed by atoms with Gasteiger partial charge in [0.15, 0.2) is 23.2 Å². The minimum Gasteiger partial charge on any atom is -0.503 e. The first-order valence-corrected chi connectivity index (χ1v) is 8.64. The van der Waals surface area contributed by atoms with Crippen molar-refractivity contribution in [1.82, 2.24) is 25.0 Å². The Bertz CT molecular complexity index is 1010. The molecular weight excluding hydrogens is 358 g/mol. The molecule has 0 saturated carbocycles. The summed E-state index contributed by atoms with van der Waals surface area (Å²) in [5, 5.41) is 17.0. The van der Waals surface area contributed by atoms with Gasteiger partial charge in [-0.3, -0.25) is 0 Å². The van der Waals surface area contributed by atoms with Gasteiger partial charge < -0.3 is 14.7 Å². The zero-order valence-electron chi connectivity index (χ0n) is 14.3. The van der Waals surface area contributed by atoms with Crippen LogP contribution in [0.5, 0.6) is 5.75 Å². The fourth-order valence-corrected chi connectivity index (χ4v) is 3.80. The van der Waals surface area contributed by atoms with Crippen LogP contribution in [0, 0.1) is 17.0 Å². The van der Waals surface area contributed by atoms with Crippen LogP contribution >= 0.6 is 0 Å². The quantitative estimate of drug-likeness (QED) is 0.732. The Labute approximate surface area is 152 Å². The molecule has 1 aromatic carbocycles. The average molecular weight is 374 g/mol. The summed E-state index contributed by atoms with van der Waals surface area (Å²) in [5.74, 6) is -2.33. The van der Waals surface area contributed by atoms with Gasteiger partial charge in [-0.2, -0.15) is 4.68 Å². The van der Waals surface area contributed by atoms with Crippen molar-refractivity contribution in [3.63, 3.8) is 0 Å². The molecule has 2 saturated heterocycles. The molecule has 2 aromatic heterocycles. The highest BCUT2D eigenvalue weighted by Crippen LogP contribution is 2.41. The van der Waals surface area contributed by atoms with Crippen LogP contribution in [0.1, 0.15) is 12.8 Å². The first-order valence-electron chi connectivity index (χ1n) is 8.64. The Morgan fingerprint density at radius 1 is 1.07 bits per heavy atom. The van der Waals surface area contributed by atoms with Crippen LogP contribution in [0.25, 0.3) is 16.9 Å². The number of phenolic OH excluding ortho intramolecular Hbond substituents is 1. The van der Waals surface area contributed by atoms with E-state index in [-0.39, 0.29) is 16.9 Å². The van der Waals surface area contributed by atoms with Crippen molar-refractivity contribution < 1.29 is 18.6 Å². The second-order valence-corrected chi connectivity index (χ2v) is 7.09. The molecule has 0 radical (unpaired) electrons. The molecule has 3 aromatic rings. The first kappa shape index (κ1) is 16.3. The number of benzene rings is 1. The third-order valence-electron chi connectivity index (χ3n) is 5.37. The van der Waals surface area contributed by atoms with Crippen LogP contribution in [0.2, 0.25) is 0 Å². The summed E-state index contributed by atoms with van der Waals surface area (Å²) in [4.78, 5) is 10.8. The van der Waals surface area contributed by atoms with E-state index in [4.69, 9.17) is 4.74 Å². The van der Waals surface area contributed by atoms with Gasteiger partial charge in [0.2, 0.25) is 0 Å². The average Bonchev–Trinajstić information content (AvgIpc) is 3.09. The van der Waals surface area contributed by atoms with Gasteiger partial charge in [-0.25, -0.2) is 18.7 Å². The van der Waals surface area contributed by atoms with Crippen LogP contribution in [0.15, 0.2) is 18.5 Å². The van der Waals surface area contributed by atoms with Gasteiger partial charge in [0.25, 0.3) is 0 Å². The molecule has 2 aliphatic rings. The summed E-state index contributed by atoms with van der Waals surface area (Å²) >= 11 is 0. The zero-order chi connectivity index (χ0) is 18.6. The molecule has 27 heavy (non-hydrogen) atoms. The predicted octanol–water partition coefficient (Wildman–Crippen LogP) is 1.81. The van der Waals surface area contributed by atoms with Gasteiger partial charge in [0.1, 0.15) is 16.9 Å². The van der Waals surface area contributed by atoms with Gasteiger partial charge in [-0.15, -0.1) is 5.10 Å². The molecule has 140 valence electrons. The van der Waals surface area contributed by atoms with Gasteiger partial charge in [-0.05, 0) is 12.8 Å². The van der Waals surface area contributed by atoms with E-state index in [0.29, 0.717) is 5.41 Å². The van der Waals surface area contributed by atoms with Crippen LogP contribution in [0.3, 0.4) is 0 Å². The van der Waals surface area contributed by atoms with E-state index in [0.717, 1.165) is 55.7 Å². The number of hydrogen-bond acceptors (Lipinski definition) is 7. The molecule has 4 heterocycles. The number of ether oxygens (including phenoxy) is 1. The Morgan fingerprint density at radius 2 is 1.78 bits per heavy atom. The van der Waals surface area contributed by atoms with E-state index >= 15 is 0 Å². The Kier molecular flexibility index (Phi) is 3.51. The molecule has 0 bridgehead atoms. The normalized spacial score (nSPS) is 18.8. The Hall–Kier alpha value is -2.88. The minimum absolute atomic E-state index is 0.0159. The van der Waals surface area contributed by atoms with Crippen molar-refractivity contribution in [3.05, 3.63) is 30.1 Å². The van der Waals surface area contributed by atoms with Crippen molar-refractivity contribution in [2.24, 2.45) is 5.41 Å². The van der Waals surface area contributed by atoms with Gasteiger partial charge in [0.05, 0.1) is 12.4 Å². The predicted molar refractivity (Wildman–Crippen MR) is 90.7 cm³/mol.